The van der Waals surface area contributed by atoms with Gasteiger partial charge in [-0.1, -0.05) is 44.4 Å². The molecule has 0 aliphatic rings. The fourth-order valence-electron chi connectivity index (χ4n) is 4.70. The molecule has 1 atom stereocenters. The highest BCUT2D eigenvalue weighted by molar-refractivity contribution is 5.78. The zero-order chi connectivity index (χ0) is 36.6. The van der Waals surface area contributed by atoms with E-state index in [0.29, 0.717) is 68.3 Å². The third kappa shape index (κ3) is 18.8. The molecule has 3 rings (SSSR count). The molecule has 49 heavy (non-hydrogen) atoms. The maximum Gasteiger partial charge on any atom is 0.161 e. The number of carbonyl (C=O) groups excluding carboxylic acids is 2. The number of aromatic hydroxyl groups is 3. The van der Waals surface area contributed by atoms with E-state index >= 15 is 0 Å². The van der Waals surface area contributed by atoms with Gasteiger partial charge in [-0.2, -0.15) is 0 Å². The Kier molecular flexibility index (Phi) is 21.7. The topological polar surface area (TPSA) is 143 Å². The predicted molar refractivity (Wildman–Crippen MR) is 194 cm³/mol. The fourth-order valence-corrected chi connectivity index (χ4v) is 4.70. The Hall–Kier alpha value is -4.24. The number of aryl methyl sites for hydroxylation is 3. The number of hydrogen-bond donors (Lipinski definition) is 4. The summed E-state index contributed by atoms with van der Waals surface area (Å²) >= 11 is 0. The summed E-state index contributed by atoms with van der Waals surface area (Å²) in [6, 6.07) is 15.7. The van der Waals surface area contributed by atoms with Crippen LogP contribution in [0.2, 0.25) is 0 Å². The first-order valence-electron chi connectivity index (χ1n) is 17.4. The molecule has 0 amide bonds. The molecule has 3 aromatic rings. The number of phenolic OH excluding ortho intramolecular Hbond substituents is 3. The summed E-state index contributed by atoms with van der Waals surface area (Å²) in [7, 11) is 1.53. The first-order chi connectivity index (χ1) is 23.4. The molecule has 272 valence electrons. The van der Waals surface area contributed by atoms with Crippen LogP contribution in [0, 0.1) is 0 Å². The summed E-state index contributed by atoms with van der Waals surface area (Å²) in [5, 5.41) is 37.6. The van der Waals surface area contributed by atoms with Crippen LogP contribution in [0.25, 0.3) is 0 Å². The molecule has 0 fully saturated rings. The second kappa shape index (κ2) is 24.8. The molecule has 1 unspecified atom stereocenters. The average Bonchev–Trinajstić information content (AvgIpc) is 3.07. The fraction of sp³-hybridized carbons (Fsp3) is 0.500. The Balaban J connectivity index is 0.000000371. The normalized spacial score (nSPS) is 10.9. The van der Waals surface area contributed by atoms with E-state index in [0.717, 1.165) is 42.4 Å². The van der Waals surface area contributed by atoms with Crippen LogP contribution >= 0.6 is 0 Å². The summed E-state index contributed by atoms with van der Waals surface area (Å²) in [6.07, 6.45) is 8.96. The lowest BCUT2D eigenvalue weighted by Gasteiger charge is -2.09. The van der Waals surface area contributed by atoms with Gasteiger partial charge < -0.3 is 39.4 Å². The van der Waals surface area contributed by atoms with Crippen molar-refractivity contribution in [1.82, 2.24) is 0 Å². The number of ether oxygens (including phenoxy) is 3. The van der Waals surface area contributed by atoms with Gasteiger partial charge in [0.1, 0.15) is 11.6 Å². The summed E-state index contributed by atoms with van der Waals surface area (Å²) in [6.45, 7) is 10.3. The number of hydrogen-bond acceptors (Lipinski definition) is 9. The Bertz CT molecular complexity index is 1380. The smallest absolute Gasteiger partial charge is 0.161 e. The van der Waals surface area contributed by atoms with Crippen molar-refractivity contribution in [3.8, 4) is 34.5 Å². The molecule has 0 saturated heterocycles. The Morgan fingerprint density at radius 3 is 1.57 bits per heavy atom. The quantitative estimate of drug-likeness (QED) is 0.0919. The number of rotatable bonds is 19. The highest BCUT2D eigenvalue weighted by atomic mass is 16.5. The van der Waals surface area contributed by atoms with Gasteiger partial charge >= 0.3 is 0 Å². The van der Waals surface area contributed by atoms with Gasteiger partial charge in [0.05, 0.1) is 26.4 Å². The number of aliphatic hydroxyl groups excluding tert-OH is 1. The van der Waals surface area contributed by atoms with Gasteiger partial charge in [0.25, 0.3) is 0 Å². The van der Waals surface area contributed by atoms with Gasteiger partial charge in [0.15, 0.2) is 34.5 Å². The lowest BCUT2D eigenvalue weighted by molar-refractivity contribution is -0.119. The molecular weight excluding hydrogens is 624 g/mol. The molecule has 0 spiro atoms. The average molecular weight is 683 g/mol. The number of unbranched alkanes of at least 4 members (excludes halogenated alkanes) is 3. The third-order valence-electron chi connectivity index (χ3n) is 7.51. The zero-order valence-electron chi connectivity index (χ0n) is 30.3. The van der Waals surface area contributed by atoms with Gasteiger partial charge in [-0.3, -0.25) is 4.79 Å². The molecule has 9 nitrogen and oxygen atoms in total. The van der Waals surface area contributed by atoms with Crippen molar-refractivity contribution in [1.29, 1.82) is 0 Å². The molecule has 0 heterocycles. The Labute approximate surface area is 292 Å². The number of carbonyl (C=O) groups is 2. The third-order valence-corrected chi connectivity index (χ3v) is 7.51. The number of Topliss-reactive ketones (excluding diaryl/α,β-unsaturated/α-hetero) is 2. The second-order valence-corrected chi connectivity index (χ2v) is 11.9. The Morgan fingerprint density at radius 1 is 0.653 bits per heavy atom. The molecule has 0 radical (unpaired) electrons. The van der Waals surface area contributed by atoms with Crippen LogP contribution < -0.4 is 14.2 Å². The van der Waals surface area contributed by atoms with Crippen LogP contribution in [0.15, 0.2) is 54.6 Å². The van der Waals surface area contributed by atoms with Crippen molar-refractivity contribution in [3.63, 3.8) is 0 Å². The standard InChI is InChI=1S/C16H24O3.C12H18O3.C12H16O3/c1-3-4-5-6-7-14(17)10-8-13-9-11-15(18)16(12-13)19-2;2*1-3-15-12-8-10(5-4-9(2)13)6-7-11(12)14/h9,11-12,18H,3-8,10H2,1-2H3;6-9,13-14H,3-5H2,1-2H3;6-8,14H,3-5H2,1-2H3. The van der Waals surface area contributed by atoms with Crippen molar-refractivity contribution in [3.05, 3.63) is 71.3 Å². The minimum absolute atomic E-state index is 0.136. The highest BCUT2D eigenvalue weighted by Gasteiger charge is 2.07. The molecular formula is C40H58O9. The molecule has 4 N–H and O–H groups in total. The number of methoxy groups -OCH3 is 1. The van der Waals surface area contributed by atoms with E-state index in [2.05, 4.69) is 6.92 Å². The van der Waals surface area contributed by atoms with Crippen molar-refractivity contribution in [2.75, 3.05) is 20.3 Å². The van der Waals surface area contributed by atoms with E-state index in [-0.39, 0.29) is 29.1 Å². The maximum atomic E-state index is 11.7. The minimum Gasteiger partial charge on any atom is -0.504 e. The van der Waals surface area contributed by atoms with Crippen LogP contribution in [-0.4, -0.2) is 58.4 Å². The van der Waals surface area contributed by atoms with Gasteiger partial charge in [0, 0.05) is 19.3 Å². The summed E-state index contributed by atoms with van der Waals surface area (Å²) < 4.78 is 15.6. The zero-order valence-corrected chi connectivity index (χ0v) is 30.3. The molecule has 0 aromatic heterocycles. The van der Waals surface area contributed by atoms with Crippen LogP contribution in [0.5, 0.6) is 34.5 Å². The maximum absolute atomic E-state index is 11.7. The van der Waals surface area contributed by atoms with E-state index in [1.165, 1.54) is 20.0 Å². The van der Waals surface area contributed by atoms with Crippen molar-refractivity contribution in [2.24, 2.45) is 0 Å². The van der Waals surface area contributed by atoms with E-state index in [1.807, 2.05) is 32.0 Å². The molecule has 3 aromatic carbocycles. The van der Waals surface area contributed by atoms with Crippen LogP contribution in [0.1, 0.15) is 103 Å². The van der Waals surface area contributed by atoms with Crippen molar-refractivity contribution in [2.45, 2.75) is 111 Å². The molecule has 0 aliphatic carbocycles. The largest absolute Gasteiger partial charge is 0.504 e. The lowest BCUT2D eigenvalue weighted by Crippen LogP contribution is -2.01. The molecule has 0 bridgehead atoms. The minimum atomic E-state index is -0.297. The van der Waals surface area contributed by atoms with Crippen LogP contribution in [0.3, 0.4) is 0 Å². The number of phenols is 3. The monoisotopic (exact) mass is 682 g/mol. The van der Waals surface area contributed by atoms with Gasteiger partial charge in [0.2, 0.25) is 0 Å². The van der Waals surface area contributed by atoms with E-state index < -0.39 is 0 Å². The predicted octanol–water partition coefficient (Wildman–Crippen LogP) is 8.29. The number of aliphatic hydroxyl groups is 1. The second-order valence-electron chi connectivity index (χ2n) is 11.9. The van der Waals surface area contributed by atoms with Gasteiger partial charge in [-0.25, -0.2) is 0 Å². The molecule has 0 aliphatic heterocycles. The van der Waals surface area contributed by atoms with Gasteiger partial charge in [-0.15, -0.1) is 0 Å². The van der Waals surface area contributed by atoms with Crippen LogP contribution in [0.4, 0.5) is 0 Å². The summed E-state index contributed by atoms with van der Waals surface area (Å²) in [5.41, 5.74) is 3.10. The number of benzene rings is 3. The summed E-state index contributed by atoms with van der Waals surface area (Å²) in [4.78, 5) is 22.5. The first kappa shape index (κ1) is 42.8. The summed E-state index contributed by atoms with van der Waals surface area (Å²) in [5.74, 6) is 2.40. The Morgan fingerprint density at radius 2 is 1.12 bits per heavy atom. The highest BCUT2D eigenvalue weighted by Crippen LogP contribution is 2.29. The number of ketones is 2. The molecule has 9 heteroatoms. The molecule has 0 saturated carbocycles. The van der Waals surface area contributed by atoms with Crippen LogP contribution in [-0.2, 0) is 28.9 Å². The van der Waals surface area contributed by atoms with Gasteiger partial charge in [-0.05, 0) is 113 Å². The van der Waals surface area contributed by atoms with Crippen molar-refractivity contribution < 1.29 is 44.2 Å². The van der Waals surface area contributed by atoms with E-state index in [9.17, 15) is 24.9 Å². The first-order valence-corrected chi connectivity index (χ1v) is 17.4. The van der Waals surface area contributed by atoms with Crippen molar-refractivity contribution >= 4 is 11.6 Å². The van der Waals surface area contributed by atoms with E-state index in [4.69, 9.17) is 19.3 Å². The lowest BCUT2D eigenvalue weighted by atomic mass is 10.0. The SMILES string of the molecule is CCCCCCC(=O)CCc1ccc(O)c(OC)c1.CCOc1cc(CCC(C)=O)ccc1O.CCOc1cc(CCC(C)O)ccc1O. The van der Waals surface area contributed by atoms with E-state index in [1.54, 1.807) is 50.2 Å².